The van der Waals surface area contributed by atoms with Crippen LogP contribution >= 0.6 is 0 Å². The van der Waals surface area contributed by atoms with Crippen molar-refractivity contribution in [1.82, 2.24) is 19.6 Å². The Labute approximate surface area is 156 Å². The molecule has 0 fully saturated rings. The highest BCUT2D eigenvalue weighted by Gasteiger charge is 2.14. The van der Waals surface area contributed by atoms with Crippen molar-refractivity contribution in [2.75, 3.05) is 0 Å². The Morgan fingerprint density at radius 3 is 2.52 bits per heavy atom. The summed E-state index contributed by atoms with van der Waals surface area (Å²) in [4.78, 5) is 4.98. The van der Waals surface area contributed by atoms with Crippen LogP contribution in [0.2, 0.25) is 0 Å². The van der Waals surface area contributed by atoms with E-state index in [1.54, 1.807) is 4.40 Å². The smallest absolute Gasteiger partial charge is 0.206 e. The van der Waals surface area contributed by atoms with Gasteiger partial charge in [0.05, 0.1) is 11.2 Å². The summed E-state index contributed by atoms with van der Waals surface area (Å²) in [5, 5.41) is 9.06. The van der Waals surface area contributed by atoms with Crippen LogP contribution in [0.3, 0.4) is 0 Å². The molecule has 2 N–H and O–H groups in total. The Balaban J connectivity index is 1.83. The lowest BCUT2D eigenvalue weighted by atomic mass is 9.97. The molecule has 0 saturated heterocycles. The van der Waals surface area contributed by atoms with Crippen LogP contribution in [0.15, 0.2) is 72.9 Å². The minimum Gasteiger partial charge on any atom is -0.326 e. The lowest BCUT2D eigenvalue weighted by Gasteiger charge is -2.12. The molecule has 0 bridgehead atoms. The van der Waals surface area contributed by atoms with Gasteiger partial charge in [-0.2, -0.15) is 0 Å². The number of nitrogens with two attached hydrogens (primary N) is 1. The fourth-order valence-corrected chi connectivity index (χ4v) is 3.34. The summed E-state index contributed by atoms with van der Waals surface area (Å²) in [5.74, 6) is 0. The summed E-state index contributed by atoms with van der Waals surface area (Å²) in [7, 11) is 0. The first-order valence-corrected chi connectivity index (χ1v) is 8.74. The van der Waals surface area contributed by atoms with Gasteiger partial charge in [0.2, 0.25) is 6.33 Å². The van der Waals surface area contributed by atoms with Crippen molar-refractivity contribution in [2.24, 2.45) is 5.73 Å². The van der Waals surface area contributed by atoms with Crippen molar-refractivity contribution in [3.8, 4) is 22.4 Å². The molecule has 129 valence electrons. The normalized spacial score (nSPS) is 11.3. The van der Waals surface area contributed by atoms with Gasteiger partial charge in [-0.25, -0.2) is 4.98 Å². The van der Waals surface area contributed by atoms with Gasteiger partial charge in [-0.3, -0.25) is 4.40 Å². The maximum atomic E-state index is 5.74. The number of hydrogen-bond donors (Lipinski definition) is 1. The van der Waals surface area contributed by atoms with E-state index in [1.807, 2.05) is 42.6 Å². The summed E-state index contributed by atoms with van der Waals surface area (Å²) < 4.78 is 1.79. The van der Waals surface area contributed by atoms with Crippen LogP contribution in [-0.4, -0.2) is 19.6 Å². The molecule has 2 aromatic carbocycles. The van der Waals surface area contributed by atoms with Gasteiger partial charge in [0.25, 0.3) is 0 Å². The summed E-state index contributed by atoms with van der Waals surface area (Å²) in [6.45, 7) is 0.526. The Hall–Kier alpha value is -3.57. The first-order chi connectivity index (χ1) is 13.3. The fraction of sp³-hybridized carbons (Fsp3) is 0.0455. The van der Waals surface area contributed by atoms with Crippen molar-refractivity contribution < 1.29 is 0 Å². The third kappa shape index (κ3) is 2.65. The lowest BCUT2D eigenvalue weighted by molar-refractivity contribution is 1.07. The Morgan fingerprint density at radius 1 is 0.926 bits per heavy atom. The van der Waals surface area contributed by atoms with Crippen LogP contribution in [0.4, 0.5) is 0 Å². The van der Waals surface area contributed by atoms with E-state index in [1.165, 1.54) is 0 Å². The third-order valence-corrected chi connectivity index (χ3v) is 4.75. The number of fused-ring (bicyclic) bond motifs is 3. The highest BCUT2D eigenvalue weighted by Crippen LogP contribution is 2.34. The van der Waals surface area contributed by atoms with E-state index in [0.717, 1.165) is 44.5 Å². The molecule has 5 aromatic rings. The van der Waals surface area contributed by atoms with E-state index in [4.69, 9.17) is 10.7 Å². The predicted molar refractivity (Wildman–Crippen MR) is 106 cm³/mol. The van der Waals surface area contributed by atoms with Gasteiger partial charge in [0.15, 0.2) is 5.65 Å². The van der Waals surface area contributed by atoms with Gasteiger partial charge < -0.3 is 5.73 Å². The van der Waals surface area contributed by atoms with Gasteiger partial charge in [-0.15, -0.1) is 10.2 Å². The van der Waals surface area contributed by atoms with Crippen molar-refractivity contribution >= 4 is 16.6 Å². The van der Waals surface area contributed by atoms with Crippen LogP contribution in [0.25, 0.3) is 38.9 Å². The molecule has 0 amide bonds. The van der Waals surface area contributed by atoms with Crippen LogP contribution in [0, 0.1) is 6.33 Å². The molecule has 0 aliphatic carbocycles. The van der Waals surface area contributed by atoms with Crippen molar-refractivity contribution in [1.29, 1.82) is 0 Å². The second-order valence-corrected chi connectivity index (χ2v) is 6.39. The number of benzene rings is 2. The second kappa shape index (κ2) is 6.30. The number of hydrogen-bond acceptors (Lipinski definition) is 4. The largest absolute Gasteiger partial charge is 0.326 e. The molecule has 1 radical (unpaired) electrons. The molecule has 27 heavy (non-hydrogen) atoms. The molecule has 3 heterocycles. The van der Waals surface area contributed by atoms with Crippen molar-refractivity contribution in [3.63, 3.8) is 0 Å². The summed E-state index contributed by atoms with van der Waals surface area (Å²) in [6.07, 6.45) is 4.73. The van der Waals surface area contributed by atoms with E-state index in [0.29, 0.717) is 6.54 Å². The monoisotopic (exact) mass is 350 g/mol. The van der Waals surface area contributed by atoms with Crippen LogP contribution in [0.1, 0.15) is 5.56 Å². The van der Waals surface area contributed by atoms with E-state index < -0.39 is 0 Å². The van der Waals surface area contributed by atoms with Gasteiger partial charge in [-0.05, 0) is 23.3 Å². The summed E-state index contributed by atoms with van der Waals surface area (Å²) >= 11 is 0. The maximum Gasteiger partial charge on any atom is 0.206 e. The maximum absolute atomic E-state index is 5.74. The highest BCUT2D eigenvalue weighted by atomic mass is 15.2. The molecular formula is C22H16N5. The molecule has 5 nitrogen and oxygen atoms in total. The molecular weight excluding hydrogens is 334 g/mol. The lowest BCUT2D eigenvalue weighted by Crippen LogP contribution is -1.97. The SMILES string of the molecule is NCc1ccc(-c2nc3ccn4[c]nnc4c3cc2-c2ccccc2)cc1. The van der Waals surface area contributed by atoms with Crippen LogP contribution < -0.4 is 5.73 Å². The van der Waals surface area contributed by atoms with E-state index >= 15 is 0 Å². The van der Waals surface area contributed by atoms with Gasteiger partial charge in [-0.1, -0.05) is 54.6 Å². The topological polar surface area (TPSA) is 69.1 Å². The molecule has 0 atom stereocenters. The number of aromatic nitrogens is 4. The zero-order valence-corrected chi connectivity index (χ0v) is 14.5. The standard InChI is InChI=1S/C22H16N5/c23-13-15-6-8-17(9-7-15)21-18(16-4-2-1-3-5-16)12-19-20(25-21)10-11-27-14-24-26-22(19)27/h1-12H,13,23H2. The minimum absolute atomic E-state index is 0.526. The molecule has 5 rings (SSSR count). The molecule has 0 aliphatic rings. The second-order valence-electron chi connectivity index (χ2n) is 6.39. The number of nitrogens with zero attached hydrogens (tertiary/aromatic N) is 4. The molecule has 0 spiro atoms. The molecule has 3 aromatic heterocycles. The van der Waals surface area contributed by atoms with Crippen LogP contribution in [0.5, 0.6) is 0 Å². The van der Waals surface area contributed by atoms with Gasteiger partial charge >= 0.3 is 0 Å². The predicted octanol–water partition coefficient (Wildman–Crippen LogP) is 3.87. The Kier molecular flexibility index (Phi) is 3.66. The first-order valence-electron chi connectivity index (χ1n) is 8.74. The zero-order chi connectivity index (χ0) is 18.2. The van der Waals surface area contributed by atoms with Crippen molar-refractivity contribution in [3.05, 3.63) is 84.8 Å². The van der Waals surface area contributed by atoms with Crippen LogP contribution in [-0.2, 0) is 6.54 Å². The third-order valence-electron chi connectivity index (χ3n) is 4.75. The molecule has 0 aliphatic heterocycles. The Morgan fingerprint density at radius 2 is 1.74 bits per heavy atom. The summed E-state index contributed by atoms with van der Waals surface area (Å²) in [6, 6.07) is 22.6. The van der Waals surface area contributed by atoms with E-state index in [2.05, 4.69) is 46.9 Å². The van der Waals surface area contributed by atoms with Crippen molar-refractivity contribution in [2.45, 2.75) is 6.54 Å². The van der Waals surface area contributed by atoms with Gasteiger partial charge in [0.1, 0.15) is 0 Å². The minimum atomic E-state index is 0.526. The highest BCUT2D eigenvalue weighted by molar-refractivity contribution is 5.98. The quantitative estimate of drug-likeness (QED) is 0.536. The number of rotatable bonds is 3. The molecule has 5 heteroatoms. The average Bonchev–Trinajstić information content (AvgIpc) is 3.23. The zero-order valence-electron chi connectivity index (χ0n) is 14.5. The fourth-order valence-electron chi connectivity index (χ4n) is 3.34. The van der Waals surface area contributed by atoms with E-state index in [9.17, 15) is 0 Å². The number of pyridine rings is 2. The van der Waals surface area contributed by atoms with Gasteiger partial charge in [0, 0.05) is 29.3 Å². The molecule has 0 unspecified atom stereocenters. The average molecular weight is 350 g/mol. The summed E-state index contributed by atoms with van der Waals surface area (Å²) in [5.41, 5.74) is 12.6. The Bertz CT molecular complexity index is 1240. The molecule has 0 saturated carbocycles. The first kappa shape index (κ1) is 15.7. The van der Waals surface area contributed by atoms with E-state index in [-0.39, 0.29) is 0 Å².